The lowest BCUT2D eigenvalue weighted by atomic mass is 10.1. The number of nitrogens with zero attached hydrogens (tertiary/aromatic N) is 4. The van der Waals surface area contributed by atoms with Crippen molar-refractivity contribution in [3.63, 3.8) is 0 Å². The predicted molar refractivity (Wildman–Crippen MR) is 106 cm³/mol. The van der Waals surface area contributed by atoms with Gasteiger partial charge in [0.25, 0.3) is 0 Å². The number of rotatable bonds is 2. The van der Waals surface area contributed by atoms with Crippen LogP contribution in [0.1, 0.15) is 18.9 Å². The van der Waals surface area contributed by atoms with Gasteiger partial charge < -0.3 is 14.5 Å². The van der Waals surface area contributed by atoms with E-state index >= 15 is 0 Å². The summed E-state index contributed by atoms with van der Waals surface area (Å²) in [6, 6.07) is 7.96. The first-order valence-corrected chi connectivity index (χ1v) is 9.52. The summed E-state index contributed by atoms with van der Waals surface area (Å²) in [5.74, 6) is 0.421. The summed E-state index contributed by atoms with van der Waals surface area (Å²) < 4.78 is 19.9. The minimum atomic E-state index is -1.51. The number of carbonyl (C=O) groups is 1. The van der Waals surface area contributed by atoms with Crippen molar-refractivity contribution in [1.29, 1.82) is 0 Å². The van der Waals surface area contributed by atoms with E-state index in [1.807, 2.05) is 36.1 Å². The van der Waals surface area contributed by atoms with Gasteiger partial charge in [-0.2, -0.15) is 0 Å². The van der Waals surface area contributed by atoms with Crippen LogP contribution in [0.4, 0.5) is 10.1 Å². The Bertz CT molecular complexity index is 835. The van der Waals surface area contributed by atoms with Gasteiger partial charge in [0.1, 0.15) is 16.7 Å². The van der Waals surface area contributed by atoms with Crippen molar-refractivity contribution in [2.75, 3.05) is 31.2 Å². The van der Waals surface area contributed by atoms with Gasteiger partial charge in [-0.3, -0.25) is 4.79 Å². The van der Waals surface area contributed by atoms with Crippen molar-refractivity contribution in [2.45, 2.75) is 32.0 Å². The Kier molecular flexibility index (Phi) is 5.01. The molecule has 0 spiro atoms. The molecule has 0 saturated carbocycles. The van der Waals surface area contributed by atoms with E-state index in [1.54, 1.807) is 4.90 Å². The van der Waals surface area contributed by atoms with Crippen LogP contribution in [0, 0.1) is 0 Å². The van der Waals surface area contributed by atoms with E-state index in [1.165, 1.54) is 0 Å². The van der Waals surface area contributed by atoms with Crippen LogP contribution in [0.2, 0.25) is 0 Å². The fraction of sp³-hybridized carbons (Fsp3) is 0.474. The number of morpholine rings is 1. The molecule has 3 aliphatic rings. The quantitative estimate of drug-likeness (QED) is 0.729. The summed E-state index contributed by atoms with van der Waals surface area (Å²) in [7, 11) is 0. The van der Waals surface area contributed by atoms with Gasteiger partial charge in [-0.15, -0.1) is 0 Å². The summed E-state index contributed by atoms with van der Waals surface area (Å²) in [5.41, 5.74) is 2.08. The molecule has 3 heterocycles. The third-order valence-electron chi connectivity index (χ3n) is 5.05. The normalized spacial score (nSPS) is 25.2. The molecule has 0 aliphatic carbocycles. The first kappa shape index (κ1) is 18.2. The molecule has 3 aliphatic heterocycles. The zero-order chi connectivity index (χ0) is 19.0. The third kappa shape index (κ3) is 3.51. The molecule has 1 fully saturated rings. The van der Waals surface area contributed by atoms with E-state index in [4.69, 9.17) is 17.0 Å². The Hall–Kier alpha value is -2.19. The van der Waals surface area contributed by atoms with Gasteiger partial charge in [0.05, 0.1) is 19.6 Å². The zero-order valence-corrected chi connectivity index (χ0v) is 15.9. The highest BCUT2D eigenvalue weighted by molar-refractivity contribution is 7.80. The summed E-state index contributed by atoms with van der Waals surface area (Å²) >= 11 is 5.10. The molecule has 27 heavy (non-hydrogen) atoms. The van der Waals surface area contributed by atoms with E-state index in [0.29, 0.717) is 26.3 Å². The van der Waals surface area contributed by atoms with Crippen LogP contribution in [0.25, 0.3) is 0 Å². The number of aliphatic imine (C=N–C) groups is 2. The van der Waals surface area contributed by atoms with E-state index in [9.17, 15) is 9.18 Å². The first-order chi connectivity index (χ1) is 13.0. The second kappa shape index (κ2) is 7.44. The Balaban J connectivity index is 1.54. The maximum absolute atomic E-state index is 14.5. The number of amidine groups is 2. The molecule has 0 bridgehead atoms. The number of fused-ring (bicyclic) bond motifs is 1. The topological polar surface area (TPSA) is 57.5 Å². The van der Waals surface area contributed by atoms with Crippen LogP contribution in [-0.4, -0.2) is 66.0 Å². The molecule has 4 rings (SSSR count). The van der Waals surface area contributed by atoms with Crippen LogP contribution < -0.4 is 4.90 Å². The van der Waals surface area contributed by atoms with Gasteiger partial charge >= 0.3 is 0 Å². The van der Waals surface area contributed by atoms with Gasteiger partial charge in [0, 0.05) is 24.8 Å². The SMILES string of the molecule is C[C@@H]1Cc2ccccc2N1C(=O)CC1=NC(=S)C(F)C(N2CCOCC2)=N1. The number of alkyl halides is 1. The van der Waals surface area contributed by atoms with E-state index in [-0.39, 0.29) is 35.0 Å². The molecule has 8 heteroatoms. The van der Waals surface area contributed by atoms with Crippen LogP contribution in [0.3, 0.4) is 0 Å². The number of amides is 1. The summed E-state index contributed by atoms with van der Waals surface area (Å²) in [4.78, 5) is 24.9. The number of thiocarbonyl (C=S) groups is 1. The van der Waals surface area contributed by atoms with E-state index < -0.39 is 6.17 Å². The Morgan fingerprint density at radius 1 is 1.30 bits per heavy atom. The minimum absolute atomic E-state index is 0.000621. The first-order valence-electron chi connectivity index (χ1n) is 9.11. The number of halogens is 1. The summed E-state index contributed by atoms with van der Waals surface area (Å²) in [6.45, 7) is 4.17. The van der Waals surface area contributed by atoms with Gasteiger partial charge in [-0.05, 0) is 25.0 Å². The lowest BCUT2D eigenvalue weighted by molar-refractivity contribution is -0.117. The van der Waals surface area contributed by atoms with Crippen molar-refractivity contribution < 1.29 is 13.9 Å². The maximum Gasteiger partial charge on any atom is 0.234 e. The van der Waals surface area contributed by atoms with Gasteiger partial charge in [-0.25, -0.2) is 14.4 Å². The monoisotopic (exact) mass is 388 g/mol. The zero-order valence-electron chi connectivity index (χ0n) is 15.1. The number of hydrogen-bond donors (Lipinski definition) is 0. The molecular weight excluding hydrogens is 367 g/mol. The van der Waals surface area contributed by atoms with Crippen molar-refractivity contribution in [1.82, 2.24) is 4.90 Å². The molecule has 0 N–H and O–H groups in total. The molecular formula is C19H21FN4O2S. The lowest BCUT2D eigenvalue weighted by Crippen LogP contribution is -2.48. The number of hydrogen-bond acceptors (Lipinski definition) is 5. The predicted octanol–water partition coefficient (Wildman–Crippen LogP) is 2.16. The fourth-order valence-electron chi connectivity index (χ4n) is 3.78. The molecule has 2 atom stereocenters. The minimum Gasteiger partial charge on any atom is -0.378 e. The average molecular weight is 388 g/mol. The molecule has 1 amide bonds. The molecule has 1 unspecified atom stereocenters. The van der Waals surface area contributed by atoms with Crippen molar-refractivity contribution in [3.8, 4) is 0 Å². The summed E-state index contributed by atoms with van der Waals surface area (Å²) in [6.07, 6.45) is -0.690. The summed E-state index contributed by atoms with van der Waals surface area (Å²) in [5, 5.41) is 0. The maximum atomic E-state index is 14.5. The van der Waals surface area contributed by atoms with Crippen LogP contribution >= 0.6 is 12.2 Å². The molecule has 0 radical (unpaired) electrons. The van der Waals surface area contributed by atoms with Crippen LogP contribution in [-0.2, 0) is 16.0 Å². The van der Waals surface area contributed by atoms with Gasteiger partial charge in [0.15, 0.2) is 0 Å². The smallest absolute Gasteiger partial charge is 0.234 e. The van der Waals surface area contributed by atoms with E-state index in [0.717, 1.165) is 17.7 Å². The second-order valence-corrected chi connectivity index (χ2v) is 7.34. The largest absolute Gasteiger partial charge is 0.378 e. The molecule has 1 aromatic rings. The Morgan fingerprint density at radius 3 is 2.81 bits per heavy atom. The van der Waals surface area contributed by atoms with Crippen LogP contribution in [0.5, 0.6) is 0 Å². The highest BCUT2D eigenvalue weighted by Crippen LogP contribution is 2.32. The third-order valence-corrected chi connectivity index (χ3v) is 5.34. The molecule has 6 nitrogen and oxygen atoms in total. The second-order valence-electron chi connectivity index (χ2n) is 6.92. The molecule has 0 aromatic heterocycles. The molecule has 1 saturated heterocycles. The Morgan fingerprint density at radius 2 is 2.04 bits per heavy atom. The number of carbonyl (C=O) groups excluding carboxylic acids is 1. The van der Waals surface area contributed by atoms with Crippen molar-refractivity contribution in [2.24, 2.45) is 9.98 Å². The highest BCUT2D eigenvalue weighted by Gasteiger charge is 2.34. The van der Waals surface area contributed by atoms with Gasteiger partial charge in [-0.1, -0.05) is 30.4 Å². The fourth-order valence-corrected chi connectivity index (χ4v) is 3.99. The van der Waals surface area contributed by atoms with Crippen molar-refractivity contribution >= 4 is 40.5 Å². The number of benzene rings is 1. The lowest BCUT2D eigenvalue weighted by Gasteiger charge is -2.32. The standard InChI is InChI=1S/C19H21FN4O2S/c1-12-10-13-4-2-3-5-14(13)24(12)16(25)11-15-21-18(17(20)19(27)22-15)23-6-8-26-9-7-23/h2-5,12,17H,6-11H2,1H3/t12-,17?/m1/s1. The van der Waals surface area contributed by atoms with Gasteiger partial charge in [0.2, 0.25) is 12.1 Å². The molecule has 142 valence electrons. The number of para-hydroxylation sites is 1. The number of anilines is 1. The number of ether oxygens (including phenoxy) is 1. The van der Waals surface area contributed by atoms with Crippen LogP contribution in [0.15, 0.2) is 34.3 Å². The van der Waals surface area contributed by atoms with Crippen molar-refractivity contribution in [3.05, 3.63) is 29.8 Å². The average Bonchev–Trinajstić information content (AvgIpc) is 3.01. The van der Waals surface area contributed by atoms with E-state index in [2.05, 4.69) is 9.98 Å². The Labute approximate surface area is 162 Å². The molecule has 1 aromatic carbocycles. The highest BCUT2D eigenvalue weighted by atomic mass is 32.1.